The number of hydrogen-bond donors (Lipinski definition) is 2. The summed E-state index contributed by atoms with van der Waals surface area (Å²) in [6, 6.07) is 5.63. The van der Waals surface area contributed by atoms with Gasteiger partial charge in [-0.2, -0.15) is 0 Å². The molecule has 1 aromatic carbocycles. The Hall–Kier alpha value is -3.03. The van der Waals surface area contributed by atoms with Gasteiger partial charge >= 0.3 is 0 Å². The van der Waals surface area contributed by atoms with Crippen molar-refractivity contribution in [3.8, 4) is 11.3 Å². The Bertz CT molecular complexity index is 1010. The van der Waals surface area contributed by atoms with E-state index >= 15 is 0 Å². The molecule has 0 saturated carbocycles. The highest BCUT2D eigenvalue weighted by Gasteiger charge is 2.21. The molecule has 0 unspecified atom stereocenters. The minimum Gasteiger partial charge on any atom is -0.493 e. The number of carbonyl (C=O) groups is 1. The SMILES string of the molecule is C=C(/C=C\C(=C/N)C(=O)Nc1ccc(Cl)c(-c2cn(C)cn2)c1)OC[C@@H]1CCCN1C. The monoisotopic (exact) mass is 441 g/mol. The van der Waals surface area contributed by atoms with Crippen molar-refractivity contribution in [2.75, 3.05) is 25.5 Å². The number of carbonyl (C=O) groups excluding carboxylic acids is 1. The van der Waals surface area contributed by atoms with Crippen molar-refractivity contribution in [2.24, 2.45) is 12.8 Å². The molecule has 1 aliphatic heterocycles. The lowest BCUT2D eigenvalue weighted by molar-refractivity contribution is -0.112. The Balaban J connectivity index is 1.60. The number of amides is 1. The number of nitrogens with one attached hydrogen (secondary N) is 1. The molecule has 0 radical (unpaired) electrons. The molecule has 2 heterocycles. The van der Waals surface area contributed by atoms with Gasteiger partial charge in [-0.25, -0.2) is 4.98 Å². The highest BCUT2D eigenvalue weighted by molar-refractivity contribution is 6.33. The number of nitrogens with two attached hydrogens (primary N) is 1. The third-order valence-corrected chi connectivity index (χ3v) is 5.56. The first-order chi connectivity index (χ1) is 14.9. The molecule has 0 spiro atoms. The van der Waals surface area contributed by atoms with E-state index in [1.807, 2.05) is 17.8 Å². The molecule has 1 amide bonds. The number of likely N-dealkylation sites (tertiary alicyclic amines) is 1. The summed E-state index contributed by atoms with van der Waals surface area (Å²) in [5.74, 6) is 0.132. The smallest absolute Gasteiger partial charge is 0.257 e. The highest BCUT2D eigenvalue weighted by Crippen LogP contribution is 2.29. The molecule has 0 bridgehead atoms. The maximum Gasteiger partial charge on any atom is 0.257 e. The van der Waals surface area contributed by atoms with Crippen LogP contribution in [0.5, 0.6) is 0 Å². The zero-order valence-corrected chi connectivity index (χ0v) is 18.6. The van der Waals surface area contributed by atoms with Gasteiger partial charge in [0, 0.05) is 36.7 Å². The molecule has 7 nitrogen and oxygen atoms in total. The molecular weight excluding hydrogens is 414 g/mol. The fourth-order valence-corrected chi connectivity index (χ4v) is 3.60. The van der Waals surface area contributed by atoms with Crippen molar-refractivity contribution < 1.29 is 9.53 Å². The number of aromatic nitrogens is 2. The van der Waals surface area contributed by atoms with Crippen LogP contribution in [0, 0.1) is 0 Å². The zero-order chi connectivity index (χ0) is 22.4. The molecule has 164 valence electrons. The number of benzene rings is 1. The summed E-state index contributed by atoms with van der Waals surface area (Å²) in [4.78, 5) is 19.3. The molecule has 0 aliphatic carbocycles. The number of rotatable bonds is 8. The number of imidazole rings is 1. The Morgan fingerprint density at radius 2 is 2.23 bits per heavy atom. The van der Waals surface area contributed by atoms with E-state index in [9.17, 15) is 4.79 Å². The number of ether oxygens (including phenoxy) is 1. The number of aryl methyl sites for hydroxylation is 1. The van der Waals surface area contributed by atoms with Crippen LogP contribution in [0.3, 0.4) is 0 Å². The van der Waals surface area contributed by atoms with E-state index in [4.69, 9.17) is 22.1 Å². The minimum absolute atomic E-state index is 0.289. The lowest BCUT2D eigenvalue weighted by atomic mass is 10.1. The van der Waals surface area contributed by atoms with Gasteiger partial charge in [0.15, 0.2) is 0 Å². The van der Waals surface area contributed by atoms with E-state index in [1.54, 1.807) is 36.7 Å². The van der Waals surface area contributed by atoms with Crippen LogP contribution in [0.15, 0.2) is 67.0 Å². The van der Waals surface area contributed by atoms with Crippen molar-refractivity contribution in [1.29, 1.82) is 0 Å². The fourth-order valence-electron chi connectivity index (χ4n) is 3.39. The molecular formula is C23H28ClN5O2. The number of halogens is 1. The van der Waals surface area contributed by atoms with Crippen LogP contribution in [0.1, 0.15) is 12.8 Å². The van der Waals surface area contributed by atoms with Crippen LogP contribution in [0.4, 0.5) is 5.69 Å². The number of anilines is 1. The van der Waals surface area contributed by atoms with Gasteiger partial charge in [-0.05, 0) is 56.8 Å². The lowest BCUT2D eigenvalue weighted by Crippen LogP contribution is -2.29. The van der Waals surface area contributed by atoms with E-state index in [0.29, 0.717) is 29.1 Å². The second kappa shape index (κ2) is 10.3. The van der Waals surface area contributed by atoms with Crippen LogP contribution in [0.2, 0.25) is 5.02 Å². The quantitative estimate of drug-likeness (QED) is 0.370. The Morgan fingerprint density at radius 3 is 2.87 bits per heavy atom. The van der Waals surface area contributed by atoms with Crippen LogP contribution in [0.25, 0.3) is 11.3 Å². The largest absolute Gasteiger partial charge is 0.493 e. The molecule has 1 aliphatic rings. The molecule has 3 rings (SSSR count). The maximum atomic E-state index is 12.7. The number of nitrogens with zero attached hydrogens (tertiary/aromatic N) is 3. The molecule has 8 heteroatoms. The summed E-state index contributed by atoms with van der Waals surface area (Å²) in [5.41, 5.74) is 7.99. The van der Waals surface area contributed by atoms with Crippen LogP contribution in [-0.2, 0) is 16.6 Å². The van der Waals surface area contributed by atoms with Crippen molar-refractivity contribution >= 4 is 23.2 Å². The second-order valence-corrected chi connectivity index (χ2v) is 7.99. The summed E-state index contributed by atoms with van der Waals surface area (Å²) >= 11 is 6.31. The summed E-state index contributed by atoms with van der Waals surface area (Å²) in [5, 5.41) is 3.38. The Kier molecular flexibility index (Phi) is 7.55. The molecule has 3 N–H and O–H groups in total. The topological polar surface area (TPSA) is 85.4 Å². The van der Waals surface area contributed by atoms with Crippen LogP contribution >= 0.6 is 11.6 Å². The van der Waals surface area contributed by atoms with E-state index in [0.717, 1.165) is 24.2 Å². The predicted octanol–water partition coefficient (Wildman–Crippen LogP) is 3.70. The number of likely N-dealkylation sites (N-methyl/N-ethyl adjacent to an activating group) is 1. The van der Waals surface area contributed by atoms with Gasteiger partial charge in [0.25, 0.3) is 5.91 Å². The minimum atomic E-state index is -0.351. The molecule has 2 aromatic rings. The van der Waals surface area contributed by atoms with Gasteiger partial charge < -0.3 is 25.3 Å². The van der Waals surface area contributed by atoms with E-state index in [2.05, 4.69) is 28.8 Å². The van der Waals surface area contributed by atoms with Crippen molar-refractivity contribution in [3.05, 3.63) is 72.0 Å². The van der Waals surface area contributed by atoms with Crippen LogP contribution in [-0.4, -0.2) is 46.6 Å². The van der Waals surface area contributed by atoms with Gasteiger partial charge in [-0.3, -0.25) is 4.79 Å². The molecule has 1 saturated heterocycles. The first-order valence-corrected chi connectivity index (χ1v) is 10.5. The second-order valence-electron chi connectivity index (χ2n) is 7.58. The first kappa shape index (κ1) is 22.7. The summed E-state index contributed by atoms with van der Waals surface area (Å²) in [6.07, 6.45) is 10.3. The van der Waals surface area contributed by atoms with Gasteiger partial charge in [-0.15, -0.1) is 0 Å². The standard InChI is InChI=1S/C23H28ClN5O2/c1-16(31-14-19-5-4-10-29(19)3)6-7-17(12-25)23(30)27-18-8-9-21(24)20(11-18)22-13-28(2)15-26-22/h6-9,11-13,15,19H,1,4-5,10,14,25H2,2-3H3,(H,27,30)/b7-6-,17-12+/t19-/m0/s1. The van der Waals surface area contributed by atoms with E-state index in [-0.39, 0.29) is 11.5 Å². The van der Waals surface area contributed by atoms with Gasteiger partial charge in [-0.1, -0.05) is 18.2 Å². The average molecular weight is 442 g/mol. The van der Waals surface area contributed by atoms with Gasteiger partial charge in [0.2, 0.25) is 0 Å². The van der Waals surface area contributed by atoms with Crippen molar-refractivity contribution in [1.82, 2.24) is 14.5 Å². The number of allylic oxidation sites excluding steroid dienone is 1. The van der Waals surface area contributed by atoms with Gasteiger partial charge in [0.1, 0.15) is 12.4 Å². The maximum absolute atomic E-state index is 12.7. The fraction of sp³-hybridized carbons (Fsp3) is 0.304. The Labute approximate surface area is 187 Å². The molecule has 31 heavy (non-hydrogen) atoms. The third-order valence-electron chi connectivity index (χ3n) is 5.23. The van der Waals surface area contributed by atoms with Crippen molar-refractivity contribution in [2.45, 2.75) is 18.9 Å². The third kappa shape index (κ3) is 5.99. The Morgan fingerprint density at radius 1 is 1.42 bits per heavy atom. The van der Waals surface area contributed by atoms with Crippen molar-refractivity contribution in [3.63, 3.8) is 0 Å². The first-order valence-electron chi connectivity index (χ1n) is 10.1. The van der Waals surface area contributed by atoms with Crippen LogP contribution < -0.4 is 11.1 Å². The molecule has 1 atom stereocenters. The average Bonchev–Trinajstić information content (AvgIpc) is 3.36. The summed E-state index contributed by atoms with van der Waals surface area (Å²) in [7, 11) is 3.97. The zero-order valence-electron chi connectivity index (χ0n) is 17.8. The number of hydrogen-bond acceptors (Lipinski definition) is 5. The van der Waals surface area contributed by atoms with E-state index in [1.165, 1.54) is 12.6 Å². The predicted molar refractivity (Wildman–Crippen MR) is 124 cm³/mol. The van der Waals surface area contributed by atoms with E-state index < -0.39 is 0 Å². The van der Waals surface area contributed by atoms with Gasteiger partial charge in [0.05, 0.1) is 22.6 Å². The summed E-state index contributed by atoms with van der Waals surface area (Å²) in [6.45, 7) is 5.56. The summed E-state index contributed by atoms with van der Waals surface area (Å²) < 4.78 is 7.55. The molecule has 1 aromatic heterocycles. The molecule has 1 fully saturated rings. The highest BCUT2D eigenvalue weighted by atomic mass is 35.5. The normalized spacial score (nSPS) is 17.3. The lowest BCUT2D eigenvalue weighted by Gasteiger charge is -2.19.